The molecule has 3 rings (SSSR count). The molecular weight excluding hydrogens is 226 g/mol. The van der Waals surface area contributed by atoms with Crippen LogP contribution in [0.5, 0.6) is 0 Å². The molecule has 0 amide bonds. The second-order valence-electron chi connectivity index (χ2n) is 4.05. The Bertz CT molecular complexity index is 716. The van der Waals surface area contributed by atoms with Crippen LogP contribution >= 0.6 is 0 Å². The van der Waals surface area contributed by atoms with Crippen LogP contribution in [0.3, 0.4) is 0 Å². The zero-order valence-electron chi connectivity index (χ0n) is 9.87. The Morgan fingerprint density at radius 1 is 1.22 bits per heavy atom. The van der Waals surface area contributed by atoms with Gasteiger partial charge >= 0.3 is 0 Å². The Balaban J connectivity index is 2.34. The molecule has 0 unspecified atom stereocenters. The van der Waals surface area contributed by atoms with Gasteiger partial charge in [-0.3, -0.25) is 14.3 Å². The molecule has 0 aliphatic carbocycles. The number of pyridine rings is 2. The van der Waals surface area contributed by atoms with Crippen molar-refractivity contribution < 1.29 is 4.79 Å². The molecular formula is C14H11N3O. The predicted octanol–water partition coefficient (Wildman–Crippen LogP) is 2.62. The van der Waals surface area contributed by atoms with Gasteiger partial charge in [-0.25, -0.2) is 4.98 Å². The Kier molecular flexibility index (Phi) is 2.41. The number of fused-ring (bicyclic) bond motifs is 1. The molecule has 0 aliphatic rings. The van der Waals surface area contributed by atoms with Crippen molar-refractivity contribution in [2.75, 3.05) is 0 Å². The summed E-state index contributed by atoms with van der Waals surface area (Å²) in [5.41, 5.74) is 2.35. The fourth-order valence-electron chi connectivity index (χ4n) is 2.03. The molecule has 0 saturated carbocycles. The normalized spacial score (nSPS) is 10.7. The van der Waals surface area contributed by atoms with Crippen molar-refractivity contribution in [1.82, 2.24) is 14.5 Å². The van der Waals surface area contributed by atoms with Gasteiger partial charge in [0.15, 0.2) is 5.78 Å². The molecule has 3 heterocycles. The van der Waals surface area contributed by atoms with E-state index < -0.39 is 0 Å². The number of hydrogen-bond acceptors (Lipinski definition) is 3. The van der Waals surface area contributed by atoms with Gasteiger partial charge in [0.2, 0.25) is 0 Å². The maximum absolute atomic E-state index is 11.6. The minimum absolute atomic E-state index is 0.0376. The third kappa shape index (κ3) is 1.59. The van der Waals surface area contributed by atoms with E-state index in [2.05, 4.69) is 9.97 Å². The smallest absolute Gasteiger partial charge is 0.162 e. The van der Waals surface area contributed by atoms with Crippen LogP contribution in [0.1, 0.15) is 17.3 Å². The number of ketones is 1. The van der Waals surface area contributed by atoms with Crippen molar-refractivity contribution in [2.45, 2.75) is 6.92 Å². The van der Waals surface area contributed by atoms with Gasteiger partial charge in [0, 0.05) is 29.5 Å². The molecule has 0 fully saturated rings. The van der Waals surface area contributed by atoms with Crippen LogP contribution in [0, 0.1) is 0 Å². The molecule has 0 aliphatic heterocycles. The zero-order valence-corrected chi connectivity index (χ0v) is 9.87. The Hall–Kier alpha value is -2.49. The highest BCUT2D eigenvalue weighted by molar-refractivity contribution is 6.06. The molecule has 3 aromatic rings. The minimum atomic E-state index is 0.0376. The van der Waals surface area contributed by atoms with E-state index in [1.807, 2.05) is 35.0 Å². The molecule has 0 atom stereocenters. The molecule has 0 N–H and O–H groups in total. The molecule has 4 heteroatoms. The fourth-order valence-corrected chi connectivity index (χ4v) is 2.03. The zero-order chi connectivity index (χ0) is 12.5. The summed E-state index contributed by atoms with van der Waals surface area (Å²) < 4.78 is 1.89. The van der Waals surface area contributed by atoms with Crippen LogP contribution in [0.15, 0.2) is 49.1 Å². The van der Waals surface area contributed by atoms with Crippen molar-refractivity contribution in [1.29, 1.82) is 0 Å². The van der Waals surface area contributed by atoms with Gasteiger partial charge in [0.1, 0.15) is 5.65 Å². The van der Waals surface area contributed by atoms with Crippen LogP contribution in [-0.2, 0) is 0 Å². The lowest BCUT2D eigenvalue weighted by Crippen LogP contribution is -1.94. The monoisotopic (exact) mass is 237 g/mol. The van der Waals surface area contributed by atoms with Gasteiger partial charge in [-0.05, 0) is 31.2 Å². The molecule has 18 heavy (non-hydrogen) atoms. The van der Waals surface area contributed by atoms with E-state index >= 15 is 0 Å². The van der Waals surface area contributed by atoms with Crippen LogP contribution in [-0.4, -0.2) is 20.3 Å². The summed E-state index contributed by atoms with van der Waals surface area (Å²) in [4.78, 5) is 20.1. The van der Waals surface area contributed by atoms with Crippen molar-refractivity contribution >= 4 is 16.8 Å². The Morgan fingerprint density at radius 2 is 2.06 bits per heavy atom. The lowest BCUT2D eigenvalue weighted by Gasteiger charge is -2.02. The number of Topliss-reactive ketones (excluding diaryl/α,β-unsaturated/α-hetero) is 1. The summed E-state index contributed by atoms with van der Waals surface area (Å²) in [6.07, 6.45) is 7.00. The van der Waals surface area contributed by atoms with E-state index in [1.54, 1.807) is 25.5 Å². The van der Waals surface area contributed by atoms with E-state index in [4.69, 9.17) is 0 Å². The van der Waals surface area contributed by atoms with Crippen LogP contribution in [0.4, 0.5) is 0 Å². The SMILES string of the molecule is CC(=O)c1cn(-c2cccnc2)c2ncccc12. The van der Waals surface area contributed by atoms with Crippen LogP contribution in [0.2, 0.25) is 0 Å². The van der Waals surface area contributed by atoms with Crippen molar-refractivity contribution in [3.63, 3.8) is 0 Å². The average molecular weight is 237 g/mol. The summed E-state index contributed by atoms with van der Waals surface area (Å²) in [5.74, 6) is 0.0376. The number of carbonyl (C=O) groups is 1. The quantitative estimate of drug-likeness (QED) is 0.644. The van der Waals surface area contributed by atoms with E-state index in [-0.39, 0.29) is 5.78 Å². The van der Waals surface area contributed by atoms with Gasteiger partial charge in [-0.15, -0.1) is 0 Å². The standard InChI is InChI=1S/C14H11N3O/c1-10(18)13-9-17(11-4-2-6-15-8-11)14-12(13)5-3-7-16-14/h2-9H,1H3. The van der Waals surface area contributed by atoms with Crippen LogP contribution in [0.25, 0.3) is 16.7 Å². The van der Waals surface area contributed by atoms with Gasteiger partial charge in [-0.2, -0.15) is 0 Å². The van der Waals surface area contributed by atoms with E-state index in [9.17, 15) is 4.79 Å². The molecule has 4 nitrogen and oxygen atoms in total. The summed E-state index contributed by atoms with van der Waals surface area (Å²) in [7, 11) is 0. The maximum Gasteiger partial charge on any atom is 0.162 e. The third-order valence-electron chi connectivity index (χ3n) is 2.87. The summed E-state index contributed by atoms with van der Waals surface area (Å²) in [6.45, 7) is 1.56. The molecule has 88 valence electrons. The number of carbonyl (C=O) groups excluding carboxylic acids is 1. The molecule has 0 spiro atoms. The number of aromatic nitrogens is 3. The first-order valence-electron chi connectivity index (χ1n) is 5.65. The maximum atomic E-state index is 11.6. The first-order chi connectivity index (χ1) is 8.77. The average Bonchev–Trinajstić information content (AvgIpc) is 2.79. The fraction of sp³-hybridized carbons (Fsp3) is 0.0714. The van der Waals surface area contributed by atoms with Crippen LogP contribution < -0.4 is 0 Å². The van der Waals surface area contributed by atoms with Gasteiger partial charge in [0.25, 0.3) is 0 Å². The number of nitrogens with zero attached hydrogens (tertiary/aromatic N) is 3. The molecule has 3 aromatic heterocycles. The summed E-state index contributed by atoms with van der Waals surface area (Å²) in [6, 6.07) is 7.54. The van der Waals surface area contributed by atoms with Gasteiger partial charge in [0.05, 0.1) is 11.9 Å². The number of hydrogen-bond donors (Lipinski definition) is 0. The molecule has 0 saturated heterocycles. The first-order valence-corrected chi connectivity index (χ1v) is 5.65. The lowest BCUT2D eigenvalue weighted by molar-refractivity contribution is 0.101. The highest BCUT2D eigenvalue weighted by Crippen LogP contribution is 2.22. The lowest BCUT2D eigenvalue weighted by atomic mass is 10.2. The second-order valence-corrected chi connectivity index (χ2v) is 4.05. The van der Waals surface area contributed by atoms with E-state index in [1.165, 1.54) is 0 Å². The minimum Gasteiger partial charge on any atom is -0.299 e. The first kappa shape index (κ1) is 10.7. The van der Waals surface area contributed by atoms with Crippen molar-refractivity contribution in [2.24, 2.45) is 0 Å². The molecule has 0 bridgehead atoms. The highest BCUT2D eigenvalue weighted by atomic mass is 16.1. The Morgan fingerprint density at radius 3 is 2.78 bits per heavy atom. The second kappa shape index (κ2) is 4.07. The van der Waals surface area contributed by atoms with Crippen molar-refractivity contribution in [3.05, 3.63) is 54.6 Å². The number of rotatable bonds is 2. The topological polar surface area (TPSA) is 47.8 Å². The third-order valence-corrected chi connectivity index (χ3v) is 2.87. The molecule has 0 aromatic carbocycles. The molecule has 0 radical (unpaired) electrons. The van der Waals surface area contributed by atoms with Gasteiger partial charge in [-0.1, -0.05) is 0 Å². The van der Waals surface area contributed by atoms with E-state index in [0.29, 0.717) is 5.56 Å². The summed E-state index contributed by atoms with van der Waals surface area (Å²) in [5, 5.41) is 0.869. The van der Waals surface area contributed by atoms with E-state index in [0.717, 1.165) is 16.7 Å². The predicted molar refractivity (Wildman–Crippen MR) is 68.9 cm³/mol. The summed E-state index contributed by atoms with van der Waals surface area (Å²) >= 11 is 0. The Labute approximate surface area is 104 Å². The van der Waals surface area contributed by atoms with Gasteiger partial charge < -0.3 is 0 Å². The van der Waals surface area contributed by atoms with Crippen molar-refractivity contribution in [3.8, 4) is 5.69 Å². The largest absolute Gasteiger partial charge is 0.299 e. The highest BCUT2D eigenvalue weighted by Gasteiger charge is 2.13.